The molecule has 33 heavy (non-hydrogen) atoms. The van der Waals surface area contributed by atoms with Crippen molar-refractivity contribution in [1.29, 1.82) is 5.26 Å². The molecule has 0 aromatic heterocycles. The molecule has 5 heteroatoms. The van der Waals surface area contributed by atoms with Gasteiger partial charge in [-0.2, -0.15) is 5.26 Å². The molecule has 3 aromatic rings. The first kappa shape index (κ1) is 23.4. The van der Waals surface area contributed by atoms with Crippen LogP contribution in [0, 0.1) is 23.2 Å². The van der Waals surface area contributed by atoms with Gasteiger partial charge in [0.1, 0.15) is 11.5 Å². The number of carbonyl (C=O) groups excluding carboxylic acids is 1. The number of nitrogens with one attached hydrogen (secondary N) is 1. The van der Waals surface area contributed by atoms with Crippen molar-refractivity contribution >= 4 is 11.6 Å². The molecule has 0 atom stereocenters. The summed E-state index contributed by atoms with van der Waals surface area (Å²) in [7, 11) is 0. The molecule has 0 radical (unpaired) electrons. The Bertz CT molecular complexity index is 1180. The van der Waals surface area contributed by atoms with E-state index in [4.69, 9.17) is 14.7 Å². The summed E-state index contributed by atoms with van der Waals surface area (Å²) in [5, 5.41) is 11.8. The highest BCUT2D eigenvalue weighted by Crippen LogP contribution is 2.19. The molecule has 0 aliphatic heterocycles. The van der Waals surface area contributed by atoms with Gasteiger partial charge in [0.05, 0.1) is 24.7 Å². The largest absolute Gasteiger partial charge is 0.494 e. The van der Waals surface area contributed by atoms with E-state index in [1.807, 2.05) is 69.3 Å². The van der Waals surface area contributed by atoms with E-state index in [9.17, 15) is 4.79 Å². The quantitative estimate of drug-likeness (QED) is 0.505. The first-order valence-corrected chi connectivity index (χ1v) is 10.7. The van der Waals surface area contributed by atoms with Crippen LogP contribution < -0.4 is 14.8 Å². The molecule has 0 aliphatic rings. The van der Waals surface area contributed by atoms with E-state index in [1.54, 1.807) is 24.3 Å². The third-order valence-electron chi connectivity index (χ3n) is 4.63. The van der Waals surface area contributed by atoms with E-state index >= 15 is 0 Å². The van der Waals surface area contributed by atoms with Crippen LogP contribution in [0.2, 0.25) is 0 Å². The average molecular weight is 439 g/mol. The summed E-state index contributed by atoms with van der Waals surface area (Å²) in [5.41, 5.74) is 2.32. The Morgan fingerprint density at radius 1 is 0.909 bits per heavy atom. The van der Waals surface area contributed by atoms with Gasteiger partial charge in [0.2, 0.25) is 5.91 Å². The lowest BCUT2D eigenvalue weighted by Gasteiger charge is -2.20. The normalized spacial score (nSPS) is 10.4. The van der Waals surface area contributed by atoms with E-state index < -0.39 is 5.60 Å². The van der Waals surface area contributed by atoms with Crippen LogP contribution in [0.5, 0.6) is 11.5 Å². The molecule has 3 rings (SSSR count). The molecule has 1 N–H and O–H groups in total. The van der Waals surface area contributed by atoms with E-state index in [0.717, 1.165) is 16.9 Å². The Balaban J connectivity index is 1.55. The van der Waals surface area contributed by atoms with Gasteiger partial charge in [0.25, 0.3) is 0 Å². The number of ether oxygens (including phenoxy) is 2. The molecule has 0 bridgehead atoms. The molecule has 0 aliphatic carbocycles. The number of nitriles is 1. The van der Waals surface area contributed by atoms with Crippen LogP contribution in [-0.2, 0) is 11.2 Å². The molecule has 0 fully saturated rings. The molecule has 166 valence electrons. The molecular weight excluding hydrogens is 412 g/mol. The average Bonchev–Trinajstić information content (AvgIpc) is 2.80. The first-order valence-electron chi connectivity index (χ1n) is 10.7. The van der Waals surface area contributed by atoms with Crippen LogP contribution in [0.1, 0.15) is 37.5 Å². The number of nitrogens with zero attached hydrogens (tertiary/aromatic N) is 1. The molecule has 0 heterocycles. The van der Waals surface area contributed by atoms with E-state index in [2.05, 4.69) is 23.2 Å². The summed E-state index contributed by atoms with van der Waals surface area (Å²) in [6, 6.07) is 23.9. The Hall–Kier alpha value is -4.22. The molecule has 0 saturated heterocycles. The fourth-order valence-electron chi connectivity index (χ4n) is 3.04. The highest BCUT2D eigenvalue weighted by molar-refractivity contribution is 5.92. The molecule has 0 spiro atoms. The second-order valence-electron chi connectivity index (χ2n) is 7.88. The maximum atomic E-state index is 12.3. The summed E-state index contributed by atoms with van der Waals surface area (Å²) < 4.78 is 11.4. The van der Waals surface area contributed by atoms with Gasteiger partial charge in [-0.15, -0.1) is 0 Å². The Morgan fingerprint density at radius 2 is 1.52 bits per heavy atom. The van der Waals surface area contributed by atoms with Crippen LogP contribution in [0.15, 0.2) is 72.8 Å². The summed E-state index contributed by atoms with van der Waals surface area (Å²) in [4.78, 5) is 12.3. The van der Waals surface area contributed by atoms with Crippen molar-refractivity contribution in [1.82, 2.24) is 0 Å². The second kappa shape index (κ2) is 10.9. The van der Waals surface area contributed by atoms with Gasteiger partial charge in [0, 0.05) is 11.3 Å². The number of carbonyl (C=O) groups is 1. The molecule has 0 saturated carbocycles. The van der Waals surface area contributed by atoms with Crippen molar-refractivity contribution in [2.75, 3.05) is 11.9 Å². The summed E-state index contributed by atoms with van der Waals surface area (Å²) in [6.07, 6.45) is 0.287. The fraction of sp³-hybridized carbons (Fsp3) is 0.214. The van der Waals surface area contributed by atoms with E-state index in [0.29, 0.717) is 23.6 Å². The van der Waals surface area contributed by atoms with Crippen molar-refractivity contribution in [2.45, 2.75) is 32.8 Å². The van der Waals surface area contributed by atoms with E-state index in [1.165, 1.54) is 0 Å². The molecule has 3 aromatic carbocycles. The van der Waals surface area contributed by atoms with E-state index in [-0.39, 0.29) is 12.3 Å². The lowest BCUT2D eigenvalue weighted by Crippen LogP contribution is -2.25. The van der Waals surface area contributed by atoms with Crippen molar-refractivity contribution in [2.24, 2.45) is 0 Å². The van der Waals surface area contributed by atoms with Gasteiger partial charge in [-0.3, -0.25) is 4.79 Å². The standard InChI is InChI=1S/C28H26N2O3/c1-4-32-25-13-7-22(8-14-25)19-27(31)30-24-11-5-21(6-12-24)17-18-28(2,3)33-26-15-9-23(20-29)10-16-26/h5-16H,4,19H2,1-3H3,(H,30,31). The number of rotatable bonds is 7. The zero-order valence-electron chi connectivity index (χ0n) is 19.0. The van der Waals surface area contributed by atoms with Gasteiger partial charge in [0.15, 0.2) is 5.60 Å². The second-order valence-corrected chi connectivity index (χ2v) is 7.88. The van der Waals surface area contributed by atoms with Gasteiger partial charge in [-0.25, -0.2) is 0 Å². The monoisotopic (exact) mass is 438 g/mol. The molecule has 5 nitrogen and oxygen atoms in total. The number of hydrogen-bond acceptors (Lipinski definition) is 4. The van der Waals surface area contributed by atoms with Gasteiger partial charge in [-0.1, -0.05) is 24.0 Å². The van der Waals surface area contributed by atoms with Crippen LogP contribution in [0.25, 0.3) is 0 Å². The molecule has 1 amide bonds. The van der Waals surface area contributed by atoms with Gasteiger partial charge < -0.3 is 14.8 Å². The smallest absolute Gasteiger partial charge is 0.228 e. The number of amides is 1. The SMILES string of the molecule is CCOc1ccc(CC(=O)Nc2ccc(C#CC(C)(C)Oc3ccc(C#N)cc3)cc2)cc1. The zero-order chi connectivity index (χ0) is 23.7. The summed E-state index contributed by atoms with van der Waals surface area (Å²) in [5.74, 6) is 7.59. The highest BCUT2D eigenvalue weighted by atomic mass is 16.5. The maximum Gasteiger partial charge on any atom is 0.228 e. The Kier molecular flexibility index (Phi) is 7.73. The summed E-state index contributed by atoms with van der Waals surface area (Å²) in [6.45, 7) is 6.31. The predicted molar refractivity (Wildman–Crippen MR) is 129 cm³/mol. The number of hydrogen-bond donors (Lipinski definition) is 1. The van der Waals surface area contributed by atoms with Gasteiger partial charge >= 0.3 is 0 Å². The predicted octanol–water partition coefficient (Wildman–Crippen LogP) is 5.35. The first-order chi connectivity index (χ1) is 15.9. The van der Waals surface area contributed by atoms with Gasteiger partial charge in [-0.05, 0) is 87.0 Å². The van der Waals surface area contributed by atoms with Crippen LogP contribution >= 0.6 is 0 Å². The molecule has 0 unspecified atom stereocenters. The van der Waals surface area contributed by atoms with Crippen molar-refractivity contribution < 1.29 is 14.3 Å². The number of anilines is 1. The molecular formula is C28H26N2O3. The fourth-order valence-corrected chi connectivity index (χ4v) is 3.04. The minimum atomic E-state index is -0.710. The Morgan fingerprint density at radius 3 is 2.12 bits per heavy atom. The minimum Gasteiger partial charge on any atom is -0.494 e. The maximum absolute atomic E-state index is 12.3. The highest BCUT2D eigenvalue weighted by Gasteiger charge is 2.16. The van der Waals surface area contributed by atoms with Crippen LogP contribution in [0.3, 0.4) is 0 Å². The van der Waals surface area contributed by atoms with Crippen molar-refractivity contribution in [3.63, 3.8) is 0 Å². The summed E-state index contributed by atoms with van der Waals surface area (Å²) >= 11 is 0. The van der Waals surface area contributed by atoms with Crippen molar-refractivity contribution in [3.8, 4) is 29.4 Å². The lowest BCUT2D eigenvalue weighted by atomic mass is 10.1. The van der Waals surface area contributed by atoms with Crippen molar-refractivity contribution in [3.05, 3.63) is 89.5 Å². The Labute approximate surface area is 195 Å². The minimum absolute atomic E-state index is 0.0880. The lowest BCUT2D eigenvalue weighted by molar-refractivity contribution is -0.115. The number of benzene rings is 3. The van der Waals surface area contributed by atoms with Crippen LogP contribution in [0.4, 0.5) is 5.69 Å². The zero-order valence-corrected chi connectivity index (χ0v) is 19.0. The third kappa shape index (κ3) is 7.45. The third-order valence-corrected chi connectivity index (χ3v) is 4.63. The van der Waals surface area contributed by atoms with Crippen LogP contribution in [-0.4, -0.2) is 18.1 Å². The topological polar surface area (TPSA) is 71.3 Å².